The lowest BCUT2D eigenvalue weighted by Crippen LogP contribution is -1.76. The molecule has 0 unspecified atom stereocenters. The molecule has 0 atom stereocenters. The van der Waals surface area contributed by atoms with E-state index in [1.165, 1.54) is 0 Å². The van der Waals surface area contributed by atoms with Crippen molar-refractivity contribution < 1.29 is 0 Å². The predicted octanol–water partition coefficient (Wildman–Crippen LogP) is 3.59. The fourth-order valence-corrected chi connectivity index (χ4v) is 2.35. The van der Waals surface area contributed by atoms with Gasteiger partial charge in [0.2, 0.25) is 0 Å². The largest absolute Gasteiger partial charge is 0.263 e. The van der Waals surface area contributed by atoms with E-state index in [2.05, 4.69) is 11.6 Å². The first-order valence-corrected chi connectivity index (χ1v) is 4.72. The molecule has 12 heavy (non-hydrogen) atoms. The van der Waals surface area contributed by atoms with E-state index >= 15 is 0 Å². The van der Waals surface area contributed by atoms with Crippen LogP contribution in [0.1, 0.15) is 5.56 Å². The van der Waals surface area contributed by atoms with Crippen LogP contribution in [-0.4, -0.2) is 4.98 Å². The molecular formula is C9H6ClNS. The molecule has 0 bridgehead atoms. The van der Waals surface area contributed by atoms with E-state index in [0.29, 0.717) is 0 Å². The zero-order valence-electron chi connectivity index (χ0n) is 6.25. The topological polar surface area (TPSA) is 12.9 Å². The third kappa shape index (κ3) is 1.04. The van der Waals surface area contributed by atoms with Crippen molar-refractivity contribution in [3.63, 3.8) is 0 Å². The van der Waals surface area contributed by atoms with Gasteiger partial charge in [-0.3, -0.25) is 4.98 Å². The first-order valence-electron chi connectivity index (χ1n) is 3.46. The number of pyridine rings is 1. The van der Waals surface area contributed by atoms with Gasteiger partial charge in [-0.15, -0.1) is 11.3 Å². The molecule has 0 N–H and O–H groups in total. The van der Waals surface area contributed by atoms with Gasteiger partial charge in [-0.1, -0.05) is 24.3 Å². The Bertz CT molecular complexity index is 433. The van der Waals surface area contributed by atoms with Crippen LogP contribution >= 0.6 is 22.9 Å². The molecule has 3 heteroatoms. The third-order valence-corrected chi connectivity index (χ3v) is 3.03. The summed E-state index contributed by atoms with van der Waals surface area (Å²) >= 11 is 7.59. The summed E-state index contributed by atoms with van der Waals surface area (Å²) in [5.74, 6) is 0. The maximum Gasteiger partial charge on any atom is 0.0598 e. The normalized spacial score (nSPS) is 10.4. The molecule has 60 valence electrons. The van der Waals surface area contributed by atoms with Gasteiger partial charge in [0.05, 0.1) is 9.72 Å². The van der Waals surface area contributed by atoms with Gasteiger partial charge in [0, 0.05) is 28.7 Å². The Morgan fingerprint density at radius 2 is 2.33 bits per heavy atom. The summed E-state index contributed by atoms with van der Waals surface area (Å²) in [5.41, 5.74) is 0.999. The highest BCUT2D eigenvalue weighted by molar-refractivity contribution is 7.17. The average molecular weight is 196 g/mol. The number of hydrogen-bond donors (Lipinski definition) is 0. The van der Waals surface area contributed by atoms with Crippen LogP contribution in [-0.2, 0) is 0 Å². The molecule has 0 spiro atoms. The molecule has 0 aliphatic carbocycles. The smallest absolute Gasteiger partial charge is 0.0598 e. The summed E-state index contributed by atoms with van der Waals surface area (Å²) in [6.07, 6.45) is 5.36. The predicted molar refractivity (Wildman–Crippen MR) is 54.7 cm³/mol. The zero-order chi connectivity index (χ0) is 8.55. The van der Waals surface area contributed by atoms with Gasteiger partial charge >= 0.3 is 0 Å². The van der Waals surface area contributed by atoms with Crippen LogP contribution < -0.4 is 0 Å². The van der Waals surface area contributed by atoms with E-state index in [0.717, 1.165) is 20.7 Å². The van der Waals surface area contributed by atoms with Crippen molar-refractivity contribution in [2.24, 2.45) is 0 Å². The molecular weight excluding hydrogens is 190 g/mol. The zero-order valence-corrected chi connectivity index (χ0v) is 7.82. The van der Waals surface area contributed by atoms with E-state index in [1.54, 1.807) is 23.6 Å². The van der Waals surface area contributed by atoms with Gasteiger partial charge in [-0.05, 0) is 0 Å². The molecule has 2 rings (SSSR count). The van der Waals surface area contributed by atoms with Crippen LogP contribution in [0.3, 0.4) is 0 Å². The van der Waals surface area contributed by atoms with Crippen LogP contribution in [0.4, 0.5) is 0 Å². The Labute approximate surface area is 79.3 Å². The number of aromatic nitrogens is 1. The highest BCUT2D eigenvalue weighted by Gasteiger charge is 2.04. The van der Waals surface area contributed by atoms with Crippen LogP contribution in [0.5, 0.6) is 0 Å². The van der Waals surface area contributed by atoms with Crippen molar-refractivity contribution in [1.82, 2.24) is 4.98 Å². The molecule has 2 heterocycles. The quantitative estimate of drug-likeness (QED) is 0.678. The van der Waals surface area contributed by atoms with Gasteiger partial charge in [-0.25, -0.2) is 0 Å². The maximum absolute atomic E-state index is 5.99. The van der Waals surface area contributed by atoms with E-state index in [9.17, 15) is 0 Å². The SMILES string of the molecule is C=Cc1cncc2scc(Cl)c12. The summed E-state index contributed by atoms with van der Waals surface area (Å²) < 4.78 is 1.11. The Balaban J connectivity index is 2.93. The standard InChI is InChI=1S/C9H6ClNS/c1-2-6-3-11-4-8-9(6)7(10)5-12-8/h2-5H,1H2. The van der Waals surface area contributed by atoms with Gasteiger partial charge in [-0.2, -0.15) is 0 Å². The molecule has 0 amide bonds. The number of thiophene rings is 1. The van der Waals surface area contributed by atoms with Crippen molar-refractivity contribution in [2.75, 3.05) is 0 Å². The van der Waals surface area contributed by atoms with Crippen molar-refractivity contribution in [3.05, 3.63) is 34.9 Å². The third-order valence-electron chi connectivity index (χ3n) is 1.69. The van der Waals surface area contributed by atoms with Crippen molar-refractivity contribution >= 4 is 39.1 Å². The van der Waals surface area contributed by atoms with E-state index < -0.39 is 0 Å². The van der Waals surface area contributed by atoms with Crippen molar-refractivity contribution in [2.45, 2.75) is 0 Å². The van der Waals surface area contributed by atoms with E-state index in [1.807, 2.05) is 11.6 Å². The highest BCUT2D eigenvalue weighted by Crippen LogP contribution is 2.31. The summed E-state index contributed by atoms with van der Waals surface area (Å²) in [7, 11) is 0. The molecule has 2 aromatic heterocycles. The van der Waals surface area contributed by atoms with E-state index in [-0.39, 0.29) is 0 Å². The number of rotatable bonds is 1. The molecule has 0 saturated carbocycles. The maximum atomic E-state index is 5.99. The molecule has 1 nitrogen and oxygen atoms in total. The average Bonchev–Trinajstić information content (AvgIpc) is 2.48. The molecule has 0 saturated heterocycles. The number of hydrogen-bond acceptors (Lipinski definition) is 2. The number of nitrogens with zero attached hydrogens (tertiary/aromatic N) is 1. The second-order valence-electron chi connectivity index (χ2n) is 2.39. The summed E-state index contributed by atoms with van der Waals surface area (Å²) in [6.45, 7) is 3.71. The summed E-state index contributed by atoms with van der Waals surface area (Å²) in [4.78, 5) is 4.08. The second kappa shape index (κ2) is 2.88. The lowest BCUT2D eigenvalue weighted by Gasteiger charge is -1.94. The summed E-state index contributed by atoms with van der Waals surface area (Å²) in [5, 5.41) is 3.76. The minimum atomic E-state index is 0.785. The lowest BCUT2D eigenvalue weighted by molar-refractivity contribution is 1.36. The van der Waals surface area contributed by atoms with Crippen LogP contribution in [0.25, 0.3) is 16.2 Å². The highest BCUT2D eigenvalue weighted by atomic mass is 35.5. The number of fused-ring (bicyclic) bond motifs is 1. The van der Waals surface area contributed by atoms with Crippen molar-refractivity contribution in [3.8, 4) is 0 Å². The Morgan fingerprint density at radius 1 is 1.50 bits per heavy atom. The first-order chi connectivity index (χ1) is 5.83. The lowest BCUT2D eigenvalue weighted by atomic mass is 10.2. The fourth-order valence-electron chi connectivity index (χ4n) is 1.13. The molecule has 0 aromatic carbocycles. The summed E-state index contributed by atoms with van der Waals surface area (Å²) in [6, 6.07) is 0. The monoisotopic (exact) mass is 195 g/mol. The Hall–Kier alpha value is -0.860. The molecule has 0 radical (unpaired) electrons. The van der Waals surface area contributed by atoms with Crippen LogP contribution in [0, 0.1) is 0 Å². The van der Waals surface area contributed by atoms with Crippen molar-refractivity contribution in [1.29, 1.82) is 0 Å². The van der Waals surface area contributed by atoms with Gasteiger partial charge in [0.15, 0.2) is 0 Å². The van der Waals surface area contributed by atoms with Gasteiger partial charge in [0.25, 0.3) is 0 Å². The first kappa shape index (κ1) is 7.77. The molecule has 0 aliphatic heterocycles. The minimum Gasteiger partial charge on any atom is -0.263 e. The molecule has 2 aromatic rings. The van der Waals surface area contributed by atoms with Gasteiger partial charge in [0.1, 0.15) is 0 Å². The van der Waals surface area contributed by atoms with Crippen LogP contribution in [0.15, 0.2) is 24.4 Å². The molecule has 0 aliphatic rings. The van der Waals surface area contributed by atoms with Gasteiger partial charge < -0.3 is 0 Å². The van der Waals surface area contributed by atoms with E-state index in [4.69, 9.17) is 11.6 Å². The molecule has 0 fully saturated rings. The fraction of sp³-hybridized carbons (Fsp3) is 0. The minimum absolute atomic E-state index is 0.785. The Kier molecular flexibility index (Phi) is 1.87. The second-order valence-corrected chi connectivity index (χ2v) is 3.71. The Morgan fingerprint density at radius 3 is 3.08 bits per heavy atom. The number of halogens is 1. The van der Waals surface area contributed by atoms with Crippen LogP contribution in [0.2, 0.25) is 5.02 Å².